The predicted octanol–water partition coefficient (Wildman–Crippen LogP) is 7.40. The van der Waals surface area contributed by atoms with E-state index in [0.29, 0.717) is 0 Å². The maximum absolute atomic E-state index is 2.42. The van der Waals surface area contributed by atoms with Gasteiger partial charge in [-0.15, -0.1) is 0 Å². The van der Waals surface area contributed by atoms with Crippen molar-refractivity contribution in [1.82, 2.24) is 0 Å². The molecule has 0 heterocycles. The molecule has 0 fully saturated rings. The van der Waals surface area contributed by atoms with Gasteiger partial charge in [-0.25, -0.2) is 0 Å². The number of fused-ring (bicyclic) bond motifs is 2. The minimum atomic E-state index is 0.993. The normalized spacial score (nSPS) is 15.1. The highest BCUT2D eigenvalue weighted by Gasteiger charge is 2.20. The number of rotatable bonds is 3. The molecule has 0 bridgehead atoms. The molecule has 0 aromatic heterocycles. The van der Waals surface area contributed by atoms with E-state index in [1.165, 1.54) is 70.2 Å². The lowest BCUT2D eigenvalue weighted by Crippen LogP contribution is -2.08. The topological polar surface area (TPSA) is 0 Å². The van der Waals surface area contributed by atoms with Gasteiger partial charge >= 0.3 is 0 Å². The van der Waals surface area contributed by atoms with Crippen LogP contribution in [0.3, 0.4) is 0 Å². The van der Waals surface area contributed by atoms with Gasteiger partial charge in [-0.05, 0) is 109 Å². The third-order valence-corrected chi connectivity index (χ3v) is 6.89. The second-order valence-electron chi connectivity index (χ2n) is 8.86. The molecule has 0 spiro atoms. The fraction of sp³-hybridized carbons (Fsp3) is 0.310. The molecule has 0 aliphatic heterocycles. The van der Waals surface area contributed by atoms with Crippen LogP contribution in [0.4, 0.5) is 0 Å². The Morgan fingerprint density at radius 1 is 0.759 bits per heavy atom. The lowest BCUT2D eigenvalue weighted by atomic mass is 9.80. The van der Waals surface area contributed by atoms with Crippen molar-refractivity contribution in [3.8, 4) is 11.1 Å². The first kappa shape index (κ1) is 18.4. The van der Waals surface area contributed by atoms with Gasteiger partial charge in [0, 0.05) is 0 Å². The molecule has 2 aliphatic carbocycles. The molecule has 0 unspecified atom stereocenters. The summed E-state index contributed by atoms with van der Waals surface area (Å²) in [6.07, 6.45) is 13.2. The fourth-order valence-corrected chi connectivity index (χ4v) is 5.23. The van der Waals surface area contributed by atoms with Crippen LogP contribution in [-0.4, -0.2) is 0 Å². The highest BCUT2D eigenvalue weighted by molar-refractivity contribution is 5.83. The van der Waals surface area contributed by atoms with Gasteiger partial charge in [0.15, 0.2) is 0 Å². The lowest BCUT2D eigenvalue weighted by molar-refractivity contribution is 0.682. The van der Waals surface area contributed by atoms with Crippen LogP contribution in [0, 0.1) is 13.8 Å². The molecule has 2 aliphatic rings. The molecule has 29 heavy (non-hydrogen) atoms. The van der Waals surface area contributed by atoms with Crippen molar-refractivity contribution in [2.24, 2.45) is 0 Å². The van der Waals surface area contributed by atoms with Crippen molar-refractivity contribution < 1.29 is 0 Å². The molecule has 146 valence electrons. The van der Waals surface area contributed by atoms with Gasteiger partial charge in [0.2, 0.25) is 0 Å². The quantitative estimate of drug-likeness (QED) is 0.445. The second kappa shape index (κ2) is 7.67. The van der Waals surface area contributed by atoms with Crippen LogP contribution in [0.15, 0.2) is 54.6 Å². The summed E-state index contributed by atoms with van der Waals surface area (Å²) >= 11 is 0. The molecule has 3 aromatic rings. The number of hydrogen-bond donors (Lipinski definition) is 0. The van der Waals surface area contributed by atoms with Crippen LogP contribution in [-0.2, 0) is 25.7 Å². The zero-order valence-electron chi connectivity index (χ0n) is 17.7. The van der Waals surface area contributed by atoms with Crippen LogP contribution in [0.1, 0.15) is 63.8 Å². The predicted molar refractivity (Wildman–Crippen MR) is 125 cm³/mol. The first-order valence-electron chi connectivity index (χ1n) is 11.2. The molecule has 3 aromatic carbocycles. The van der Waals surface area contributed by atoms with Crippen molar-refractivity contribution in [1.29, 1.82) is 0 Å². The van der Waals surface area contributed by atoms with Gasteiger partial charge in [-0.2, -0.15) is 0 Å². The van der Waals surface area contributed by atoms with Crippen molar-refractivity contribution in [3.05, 3.63) is 99.1 Å². The van der Waals surface area contributed by atoms with Crippen molar-refractivity contribution in [2.75, 3.05) is 0 Å². The molecule has 0 nitrogen and oxygen atoms in total. The third-order valence-electron chi connectivity index (χ3n) is 6.89. The van der Waals surface area contributed by atoms with E-state index in [4.69, 9.17) is 0 Å². The molecule has 0 N–H and O–H groups in total. The highest BCUT2D eigenvalue weighted by atomic mass is 14.2. The molecule has 0 amide bonds. The summed E-state index contributed by atoms with van der Waals surface area (Å²) in [6, 6.07) is 18.6. The first-order chi connectivity index (χ1) is 14.2. The van der Waals surface area contributed by atoms with Gasteiger partial charge in [-0.1, -0.05) is 66.2 Å². The van der Waals surface area contributed by atoms with E-state index in [9.17, 15) is 0 Å². The number of benzene rings is 3. The monoisotopic (exact) mass is 378 g/mol. The van der Waals surface area contributed by atoms with Crippen molar-refractivity contribution in [3.63, 3.8) is 0 Å². The Kier molecular flexibility index (Phi) is 4.87. The average Bonchev–Trinajstić information content (AvgIpc) is 2.76. The lowest BCUT2D eigenvalue weighted by Gasteiger charge is -2.25. The van der Waals surface area contributed by atoms with Gasteiger partial charge in [-0.3, -0.25) is 0 Å². The molecule has 0 radical (unpaired) electrons. The highest BCUT2D eigenvalue weighted by Crippen LogP contribution is 2.39. The summed E-state index contributed by atoms with van der Waals surface area (Å²) in [5, 5.41) is 0. The maximum Gasteiger partial charge on any atom is -0.00194 e. The zero-order chi connectivity index (χ0) is 19.8. The summed E-state index contributed by atoms with van der Waals surface area (Å²) in [7, 11) is 0. The van der Waals surface area contributed by atoms with Crippen molar-refractivity contribution >= 4 is 6.08 Å². The molecule has 5 rings (SSSR count). The summed E-state index contributed by atoms with van der Waals surface area (Å²) in [5.74, 6) is 0. The van der Waals surface area contributed by atoms with Crippen molar-refractivity contribution in [2.45, 2.75) is 58.8 Å². The Labute approximate surface area is 175 Å². The summed E-state index contributed by atoms with van der Waals surface area (Å²) in [6.45, 7) is 4.52. The van der Waals surface area contributed by atoms with E-state index < -0.39 is 0 Å². The van der Waals surface area contributed by atoms with E-state index >= 15 is 0 Å². The molecular formula is C29H30. The summed E-state index contributed by atoms with van der Waals surface area (Å²) in [5.41, 5.74) is 14.8. The molecule has 0 heteroatoms. The van der Waals surface area contributed by atoms with E-state index in [2.05, 4.69) is 74.5 Å². The second-order valence-corrected chi connectivity index (χ2v) is 8.86. The minimum Gasteiger partial charge on any atom is -0.0836 e. The fourth-order valence-electron chi connectivity index (χ4n) is 5.23. The van der Waals surface area contributed by atoms with Crippen LogP contribution in [0.5, 0.6) is 0 Å². The minimum absolute atomic E-state index is 0.993. The Morgan fingerprint density at radius 3 is 2.41 bits per heavy atom. The standard InChI is InChI=1S/C29H30/c1-20-11-13-22(14-12-20)19-25-16-15-24-8-4-6-10-28(24)29(25)27-18-17-23-7-3-5-9-26(23)21(27)2/h6,10-18H,3-5,7-9,19H2,1-2H3. The van der Waals surface area contributed by atoms with Gasteiger partial charge in [0.05, 0.1) is 0 Å². The third kappa shape index (κ3) is 3.46. The SMILES string of the molecule is Cc1ccc(Cc2ccc3c(c2-c2ccc4c(c2C)CCCC4)C=CCC3)cc1. The largest absolute Gasteiger partial charge is 0.0836 e. The molecule has 0 saturated heterocycles. The van der Waals surface area contributed by atoms with E-state index in [1.54, 1.807) is 11.1 Å². The van der Waals surface area contributed by atoms with Gasteiger partial charge in [0.1, 0.15) is 0 Å². The van der Waals surface area contributed by atoms with Gasteiger partial charge in [0.25, 0.3) is 0 Å². The van der Waals surface area contributed by atoms with Crippen LogP contribution < -0.4 is 0 Å². The molecular weight excluding hydrogens is 348 g/mol. The smallest absolute Gasteiger partial charge is 0.00194 e. The van der Waals surface area contributed by atoms with E-state index in [1.807, 2.05) is 0 Å². The van der Waals surface area contributed by atoms with Gasteiger partial charge < -0.3 is 0 Å². The maximum atomic E-state index is 2.42. The van der Waals surface area contributed by atoms with Crippen LogP contribution >= 0.6 is 0 Å². The number of hydrogen-bond acceptors (Lipinski definition) is 0. The molecule has 0 saturated carbocycles. The summed E-state index contributed by atoms with van der Waals surface area (Å²) in [4.78, 5) is 0. The first-order valence-corrected chi connectivity index (χ1v) is 11.2. The van der Waals surface area contributed by atoms with Crippen LogP contribution in [0.25, 0.3) is 17.2 Å². The van der Waals surface area contributed by atoms with Crippen LogP contribution in [0.2, 0.25) is 0 Å². The van der Waals surface area contributed by atoms with E-state index in [0.717, 1.165) is 19.3 Å². The average molecular weight is 379 g/mol. The Hall–Kier alpha value is -2.60. The summed E-state index contributed by atoms with van der Waals surface area (Å²) < 4.78 is 0. The zero-order valence-corrected chi connectivity index (χ0v) is 17.7. The Morgan fingerprint density at radius 2 is 1.55 bits per heavy atom. The Balaban J connectivity index is 1.68. The number of aryl methyl sites for hydroxylation is 3. The molecule has 0 atom stereocenters. The van der Waals surface area contributed by atoms with E-state index in [-0.39, 0.29) is 0 Å². The Bertz CT molecular complexity index is 1080. The number of allylic oxidation sites excluding steroid dienone is 1.